The van der Waals surface area contributed by atoms with Gasteiger partial charge in [-0.3, -0.25) is 0 Å². The third-order valence-electron chi connectivity index (χ3n) is 4.35. The van der Waals surface area contributed by atoms with Gasteiger partial charge in [-0.15, -0.1) is 0 Å². The summed E-state index contributed by atoms with van der Waals surface area (Å²) in [5, 5.41) is 16.6. The van der Waals surface area contributed by atoms with Crippen LogP contribution in [0.25, 0.3) is 0 Å². The fourth-order valence-corrected chi connectivity index (χ4v) is 2.93. The molecule has 0 heterocycles. The topological polar surface area (TPSA) is 79.8 Å². The Hall–Kier alpha value is -2.48. The van der Waals surface area contributed by atoms with Gasteiger partial charge < -0.3 is 25.2 Å². The van der Waals surface area contributed by atoms with Crippen LogP contribution < -0.4 is 15.4 Å². The molecule has 0 fully saturated rings. The minimum absolute atomic E-state index is 0.0457. The van der Waals surface area contributed by atoms with Crippen LogP contribution in [0, 0.1) is 6.92 Å². The number of anilines is 1. The SMILES string of the molecule is CCOC(=O)c1cc(NC(=S)c2ccc(C)cc2)ccc1OCC(O)CNC(C)(C)C. The highest BCUT2D eigenvalue weighted by atomic mass is 32.1. The number of thiocarbonyl (C=S) groups is 1. The summed E-state index contributed by atoms with van der Waals surface area (Å²) in [6.07, 6.45) is -0.721. The summed E-state index contributed by atoms with van der Waals surface area (Å²) in [5.41, 5.74) is 2.84. The second-order valence-electron chi connectivity index (χ2n) is 8.35. The fraction of sp³-hybridized carbons (Fsp3) is 0.417. The van der Waals surface area contributed by atoms with Crippen LogP contribution in [0.4, 0.5) is 5.69 Å². The second-order valence-corrected chi connectivity index (χ2v) is 8.76. The maximum atomic E-state index is 12.5. The molecule has 6 nitrogen and oxygen atoms in total. The Morgan fingerprint density at radius 2 is 1.84 bits per heavy atom. The van der Waals surface area contributed by atoms with Gasteiger partial charge in [-0.25, -0.2) is 4.79 Å². The minimum Gasteiger partial charge on any atom is -0.490 e. The molecular formula is C24H32N2O4S. The first-order chi connectivity index (χ1) is 14.6. The quantitative estimate of drug-likeness (QED) is 0.397. The summed E-state index contributed by atoms with van der Waals surface area (Å²) in [6, 6.07) is 13.0. The van der Waals surface area contributed by atoms with Gasteiger partial charge in [0.1, 0.15) is 29.0 Å². The zero-order valence-electron chi connectivity index (χ0n) is 18.8. The highest BCUT2D eigenvalue weighted by Gasteiger charge is 2.18. The molecule has 0 aliphatic heterocycles. The van der Waals surface area contributed by atoms with Gasteiger partial charge >= 0.3 is 5.97 Å². The first-order valence-electron chi connectivity index (χ1n) is 10.3. The van der Waals surface area contributed by atoms with Crippen molar-refractivity contribution in [1.82, 2.24) is 5.32 Å². The van der Waals surface area contributed by atoms with Crippen LogP contribution in [0.2, 0.25) is 0 Å². The number of hydrogen-bond donors (Lipinski definition) is 3. The van der Waals surface area contributed by atoms with Crippen molar-refractivity contribution in [1.29, 1.82) is 0 Å². The van der Waals surface area contributed by atoms with Gasteiger partial charge in [0.2, 0.25) is 0 Å². The predicted octanol–water partition coefficient (Wildman–Crippen LogP) is 4.09. The van der Waals surface area contributed by atoms with Gasteiger partial charge in [0, 0.05) is 23.3 Å². The van der Waals surface area contributed by atoms with Crippen LogP contribution in [0.5, 0.6) is 5.75 Å². The molecule has 0 spiro atoms. The van der Waals surface area contributed by atoms with Crippen molar-refractivity contribution in [2.24, 2.45) is 0 Å². The number of esters is 1. The van der Waals surface area contributed by atoms with E-state index in [-0.39, 0.29) is 24.3 Å². The summed E-state index contributed by atoms with van der Waals surface area (Å²) in [4.78, 5) is 13.0. The number of aryl methyl sites for hydroxylation is 1. The number of carbonyl (C=O) groups excluding carboxylic acids is 1. The lowest BCUT2D eigenvalue weighted by Gasteiger charge is -2.23. The average Bonchev–Trinajstić information content (AvgIpc) is 2.71. The molecule has 2 aromatic carbocycles. The summed E-state index contributed by atoms with van der Waals surface area (Å²) >= 11 is 5.48. The van der Waals surface area contributed by atoms with Crippen LogP contribution in [0.15, 0.2) is 42.5 Å². The molecule has 1 atom stereocenters. The van der Waals surface area contributed by atoms with Gasteiger partial charge in [0.15, 0.2) is 0 Å². The number of benzene rings is 2. The van der Waals surface area contributed by atoms with Crippen molar-refractivity contribution in [3.8, 4) is 5.75 Å². The van der Waals surface area contributed by atoms with Crippen molar-refractivity contribution < 1.29 is 19.4 Å². The summed E-state index contributed by atoms with van der Waals surface area (Å²) in [7, 11) is 0. The third-order valence-corrected chi connectivity index (χ3v) is 4.68. The molecule has 0 radical (unpaired) electrons. The molecule has 1 unspecified atom stereocenters. The predicted molar refractivity (Wildman–Crippen MR) is 128 cm³/mol. The van der Waals surface area contributed by atoms with Crippen molar-refractivity contribution in [2.75, 3.05) is 25.1 Å². The molecule has 2 rings (SSSR count). The third kappa shape index (κ3) is 8.28. The highest BCUT2D eigenvalue weighted by molar-refractivity contribution is 7.81. The number of rotatable bonds is 9. The van der Waals surface area contributed by atoms with Crippen molar-refractivity contribution in [3.63, 3.8) is 0 Å². The molecule has 0 aliphatic rings. The Bertz CT molecular complexity index is 891. The number of carbonyl (C=O) groups is 1. The number of β-amino-alcohol motifs (C(OH)–C–C–N with tert-alkyl or cyclic N) is 1. The lowest BCUT2D eigenvalue weighted by molar-refractivity contribution is 0.0515. The maximum Gasteiger partial charge on any atom is 0.341 e. The standard InChI is InChI=1S/C24H32N2O4S/c1-6-29-23(28)20-13-18(26-22(31)17-9-7-16(2)8-10-17)11-12-21(20)30-15-19(27)14-25-24(3,4)5/h7-13,19,25,27H,6,14-15H2,1-5H3,(H,26,31). The van der Waals surface area contributed by atoms with E-state index in [1.54, 1.807) is 25.1 Å². The molecule has 31 heavy (non-hydrogen) atoms. The summed E-state index contributed by atoms with van der Waals surface area (Å²) in [6.45, 7) is 10.5. The fourth-order valence-electron chi connectivity index (χ4n) is 2.68. The first kappa shape index (κ1) is 24.8. The zero-order chi connectivity index (χ0) is 23.0. The molecule has 3 N–H and O–H groups in total. The van der Waals surface area contributed by atoms with E-state index in [1.165, 1.54) is 0 Å². The molecular weight excluding hydrogens is 412 g/mol. The van der Waals surface area contributed by atoms with Gasteiger partial charge in [0.25, 0.3) is 0 Å². The Morgan fingerprint density at radius 3 is 2.45 bits per heavy atom. The van der Waals surface area contributed by atoms with Gasteiger partial charge in [-0.2, -0.15) is 0 Å². The first-order valence-corrected chi connectivity index (χ1v) is 10.7. The van der Waals surface area contributed by atoms with Gasteiger partial charge in [0.05, 0.1) is 6.61 Å². The van der Waals surface area contributed by atoms with E-state index in [4.69, 9.17) is 21.7 Å². The number of ether oxygens (including phenoxy) is 2. The van der Waals surface area contributed by atoms with Gasteiger partial charge in [-0.05, 0) is 52.8 Å². The Labute approximate surface area is 190 Å². The lowest BCUT2D eigenvalue weighted by atomic mass is 10.1. The number of aliphatic hydroxyl groups excluding tert-OH is 1. The monoisotopic (exact) mass is 444 g/mol. The van der Waals surface area contributed by atoms with Crippen molar-refractivity contribution in [2.45, 2.75) is 46.3 Å². The Kier molecular flexibility index (Phi) is 8.98. The van der Waals surface area contributed by atoms with Crippen molar-refractivity contribution in [3.05, 3.63) is 59.2 Å². The average molecular weight is 445 g/mol. The van der Waals surface area contributed by atoms with E-state index in [9.17, 15) is 9.90 Å². The maximum absolute atomic E-state index is 12.5. The molecule has 7 heteroatoms. The number of aliphatic hydroxyl groups is 1. The molecule has 168 valence electrons. The largest absolute Gasteiger partial charge is 0.490 e. The van der Waals surface area contributed by atoms with Crippen molar-refractivity contribution >= 4 is 28.9 Å². The van der Waals surface area contributed by atoms with Crippen LogP contribution in [-0.4, -0.2) is 47.5 Å². The van der Waals surface area contributed by atoms with Crippen LogP contribution in [0.3, 0.4) is 0 Å². The molecule has 2 aromatic rings. The second kappa shape index (κ2) is 11.2. The van der Waals surface area contributed by atoms with E-state index >= 15 is 0 Å². The minimum atomic E-state index is -0.721. The number of nitrogens with one attached hydrogen (secondary N) is 2. The van der Waals surface area contributed by atoms with E-state index in [2.05, 4.69) is 10.6 Å². The smallest absolute Gasteiger partial charge is 0.341 e. The Balaban J connectivity index is 2.12. The number of hydrogen-bond acceptors (Lipinski definition) is 6. The molecule has 0 amide bonds. The Morgan fingerprint density at radius 1 is 1.16 bits per heavy atom. The summed E-state index contributed by atoms with van der Waals surface area (Å²) in [5.74, 6) is -0.148. The highest BCUT2D eigenvalue weighted by Crippen LogP contribution is 2.25. The normalized spacial score (nSPS) is 12.2. The zero-order valence-corrected chi connectivity index (χ0v) is 19.6. The van der Waals surface area contributed by atoms with Crippen LogP contribution in [0.1, 0.15) is 49.2 Å². The molecule has 0 aromatic heterocycles. The van der Waals surface area contributed by atoms with E-state index in [1.807, 2.05) is 52.0 Å². The van der Waals surface area contributed by atoms with Crippen LogP contribution >= 0.6 is 12.2 Å². The van der Waals surface area contributed by atoms with E-state index < -0.39 is 12.1 Å². The van der Waals surface area contributed by atoms with Crippen LogP contribution in [-0.2, 0) is 4.74 Å². The molecule has 0 bridgehead atoms. The van der Waals surface area contributed by atoms with E-state index in [0.29, 0.717) is 23.0 Å². The molecule has 0 saturated heterocycles. The molecule has 0 saturated carbocycles. The van der Waals surface area contributed by atoms with E-state index in [0.717, 1.165) is 11.1 Å². The van der Waals surface area contributed by atoms with Gasteiger partial charge in [-0.1, -0.05) is 42.0 Å². The summed E-state index contributed by atoms with van der Waals surface area (Å²) < 4.78 is 10.9. The molecule has 0 aliphatic carbocycles. The lowest BCUT2D eigenvalue weighted by Crippen LogP contribution is -2.42.